The van der Waals surface area contributed by atoms with Crippen molar-refractivity contribution in [2.75, 3.05) is 4.90 Å². The molecule has 174 valence electrons. The number of thiazole rings is 1. The van der Waals surface area contributed by atoms with Gasteiger partial charge in [-0.15, -0.1) is 21.5 Å². The first kappa shape index (κ1) is 21.2. The van der Waals surface area contributed by atoms with Gasteiger partial charge in [-0.1, -0.05) is 6.42 Å². The molecule has 6 rings (SSSR count). The van der Waals surface area contributed by atoms with Gasteiger partial charge >= 0.3 is 6.18 Å². The molecule has 34 heavy (non-hydrogen) atoms. The van der Waals surface area contributed by atoms with Crippen LogP contribution in [0.4, 0.5) is 19.0 Å². The lowest BCUT2D eigenvalue weighted by Crippen LogP contribution is -2.33. The number of carbonyl (C=O) groups excluding carboxylic acids is 1. The molecule has 1 aliphatic heterocycles. The maximum atomic E-state index is 13.6. The van der Waals surface area contributed by atoms with Crippen LogP contribution in [-0.2, 0) is 11.0 Å². The van der Waals surface area contributed by atoms with E-state index in [0.29, 0.717) is 12.2 Å². The van der Waals surface area contributed by atoms with Crippen molar-refractivity contribution >= 4 is 33.3 Å². The Morgan fingerprint density at radius 1 is 1.15 bits per heavy atom. The number of rotatable bonds is 3. The van der Waals surface area contributed by atoms with Gasteiger partial charge < -0.3 is 0 Å². The molecule has 1 aromatic carbocycles. The number of anilines is 1. The van der Waals surface area contributed by atoms with E-state index >= 15 is 0 Å². The number of alkyl halides is 3. The number of nitrogens with zero attached hydrogens (tertiary/aromatic N) is 6. The highest BCUT2D eigenvalue weighted by Crippen LogP contribution is 2.51. The van der Waals surface area contributed by atoms with E-state index in [-0.39, 0.29) is 29.3 Å². The van der Waals surface area contributed by atoms with Crippen LogP contribution in [0.25, 0.3) is 15.9 Å². The molecule has 3 atom stereocenters. The predicted molar refractivity (Wildman–Crippen MR) is 120 cm³/mol. The van der Waals surface area contributed by atoms with Gasteiger partial charge in [-0.05, 0) is 56.0 Å². The minimum atomic E-state index is -4.54. The maximum Gasteiger partial charge on any atom is 0.416 e. The van der Waals surface area contributed by atoms with Gasteiger partial charge in [-0.3, -0.25) is 14.3 Å². The minimum absolute atomic E-state index is 0.00114. The van der Waals surface area contributed by atoms with Crippen molar-refractivity contribution in [3.8, 4) is 5.69 Å². The fourth-order valence-corrected chi connectivity index (χ4v) is 5.98. The van der Waals surface area contributed by atoms with E-state index < -0.39 is 17.8 Å². The number of carbonyl (C=O) groups is 1. The fourth-order valence-electron chi connectivity index (χ4n) is 5.32. The number of hydrogen-bond donors (Lipinski definition) is 0. The Balaban J connectivity index is 1.50. The zero-order valence-electron chi connectivity index (χ0n) is 18.0. The number of pyridine rings is 1. The van der Waals surface area contributed by atoms with Gasteiger partial charge in [0.15, 0.2) is 5.82 Å². The second-order valence-electron chi connectivity index (χ2n) is 8.77. The largest absolute Gasteiger partial charge is 0.416 e. The van der Waals surface area contributed by atoms with Crippen molar-refractivity contribution in [2.24, 2.45) is 11.8 Å². The summed E-state index contributed by atoms with van der Waals surface area (Å²) >= 11 is 1.53. The van der Waals surface area contributed by atoms with Crippen molar-refractivity contribution in [1.29, 1.82) is 0 Å². The number of benzene rings is 1. The highest BCUT2D eigenvalue weighted by atomic mass is 32.1. The van der Waals surface area contributed by atoms with Crippen molar-refractivity contribution in [2.45, 2.75) is 38.4 Å². The first-order chi connectivity index (χ1) is 16.3. The molecule has 1 saturated carbocycles. The van der Waals surface area contributed by atoms with Gasteiger partial charge in [0, 0.05) is 11.6 Å². The number of amides is 1. The molecule has 1 saturated heterocycles. The zero-order valence-corrected chi connectivity index (χ0v) is 18.8. The Morgan fingerprint density at radius 2 is 2.00 bits per heavy atom. The summed E-state index contributed by atoms with van der Waals surface area (Å²) in [6, 6.07) is 7.18. The third-order valence-electron chi connectivity index (χ3n) is 6.75. The molecule has 3 unspecified atom stereocenters. The summed E-state index contributed by atoms with van der Waals surface area (Å²) in [4.78, 5) is 23.6. The van der Waals surface area contributed by atoms with E-state index in [4.69, 9.17) is 0 Å². The molecule has 0 bridgehead atoms. The lowest BCUT2D eigenvalue weighted by Gasteiger charge is -2.27. The van der Waals surface area contributed by atoms with Gasteiger partial charge in [0.05, 0.1) is 27.0 Å². The van der Waals surface area contributed by atoms with Gasteiger partial charge in [0.2, 0.25) is 5.91 Å². The summed E-state index contributed by atoms with van der Waals surface area (Å²) in [5, 5.41) is 8.47. The molecule has 2 aliphatic rings. The van der Waals surface area contributed by atoms with Crippen LogP contribution in [-0.4, -0.2) is 30.6 Å². The smallest absolute Gasteiger partial charge is 0.285 e. The summed E-state index contributed by atoms with van der Waals surface area (Å²) in [5.41, 5.74) is 2.75. The van der Waals surface area contributed by atoms with E-state index in [1.807, 2.05) is 18.2 Å². The van der Waals surface area contributed by atoms with E-state index in [1.165, 1.54) is 23.2 Å². The number of aromatic nitrogens is 5. The minimum Gasteiger partial charge on any atom is -0.285 e. The van der Waals surface area contributed by atoms with Gasteiger partial charge in [0.1, 0.15) is 18.2 Å². The van der Waals surface area contributed by atoms with E-state index in [9.17, 15) is 18.0 Å². The van der Waals surface area contributed by atoms with Crippen LogP contribution in [0, 0.1) is 18.8 Å². The Hall–Kier alpha value is -3.34. The number of fused-ring (bicyclic) bond motifs is 2. The summed E-state index contributed by atoms with van der Waals surface area (Å²) in [6.07, 6.45) is -0.599. The van der Waals surface area contributed by atoms with Crippen LogP contribution in [0.5, 0.6) is 0 Å². The van der Waals surface area contributed by atoms with E-state index in [1.54, 1.807) is 16.4 Å². The molecule has 0 spiro atoms. The molecule has 11 heteroatoms. The molecule has 0 radical (unpaired) electrons. The average Bonchev–Trinajstić information content (AvgIpc) is 3.57. The quantitative estimate of drug-likeness (QED) is 0.404. The first-order valence-corrected chi connectivity index (χ1v) is 11.8. The van der Waals surface area contributed by atoms with Crippen molar-refractivity contribution < 1.29 is 18.0 Å². The van der Waals surface area contributed by atoms with E-state index in [0.717, 1.165) is 40.9 Å². The van der Waals surface area contributed by atoms with Crippen LogP contribution in [0.1, 0.15) is 42.4 Å². The van der Waals surface area contributed by atoms with Crippen molar-refractivity contribution in [1.82, 2.24) is 24.7 Å². The van der Waals surface area contributed by atoms with Crippen LogP contribution in [0.3, 0.4) is 0 Å². The summed E-state index contributed by atoms with van der Waals surface area (Å²) in [6.45, 7) is 1.50. The van der Waals surface area contributed by atoms with Gasteiger partial charge in [0.25, 0.3) is 0 Å². The lowest BCUT2D eigenvalue weighted by molar-refractivity contribution is -0.137. The SMILES string of the molecule is Cc1cc(C(F)(F)F)cc(N2C(=O)C3CCCC3C2c2nncn2-c2ccc3scnc3c2)n1. The van der Waals surface area contributed by atoms with Crippen LogP contribution in [0.15, 0.2) is 42.2 Å². The standard InChI is InChI=1S/C23H19F3N6OS/c1-12-7-13(23(24,25)26)8-19(29-12)32-20(15-3-2-4-16(15)22(32)33)21-30-28-10-31(21)14-5-6-18-17(9-14)27-11-34-18/h5-11,15-16,20H,2-4H2,1H3. The molecule has 4 heterocycles. The number of hydrogen-bond acceptors (Lipinski definition) is 6. The Kier molecular flexibility index (Phi) is 4.73. The zero-order chi connectivity index (χ0) is 23.6. The first-order valence-electron chi connectivity index (χ1n) is 10.9. The van der Waals surface area contributed by atoms with Crippen LogP contribution in [0.2, 0.25) is 0 Å². The highest BCUT2D eigenvalue weighted by molar-refractivity contribution is 7.16. The molecule has 1 amide bonds. The molecule has 3 aromatic heterocycles. The number of halogens is 3. The average molecular weight is 485 g/mol. The summed E-state index contributed by atoms with van der Waals surface area (Å²) < 4.78 is 43.5. The highest BCUT2D eigenvalue weighted by Gasteiger charge is 2.53. The van der Waals surface area contributed by atoms with Gasteiger partial charge in [-0.2, -0.15) is 13.2 Å². The third kappa shape index (κ3) is 3.29. The Labute approximate surface area is 196 Å². The number of aryl methyl sites for hydroxylation is 1. The normalized spacial score (nSPS) is 22.6. The van der Waals surface area contributed by atoms with E-state index in [2.05, 4.69) is 20.2 Å². The molecule has 0 N–H and O–H groups in total. The molecule has 2 fully saturated rings. The maximum absolute atomic E-state index is 13.6. The molecule has 7 nitrogen and oxygen atoms in total. The fraction of sp³-hybridized carbons (Fsp3) is 0.348. The summed E-state index contributed by atoms with van der Waals surface area (Å²) in [7, 11) is 0. The molecular weight excluding hydrogens is 465 g/mol. The van der Waals surface area contributed by atoms with Crippen molar-refractivity contribution in [3.63, 3.8) is 0 Å². The predicted octanol–water partition coefficient (Wildman–Crippen LogP) is 5.10. The van der Waals surface area contributed by atoms with Crippen molar-refractivity contribution in [3.05, 3.63) is 59.3 Å². The molecule has 1 aliphatic carbocycles. The van der Waals surface area contributed by atoms with Gasteiger partial charge in [-0.25, -0.2) is 9.97 Å². The second kappa shape index (κ2) is 7.59. The monoisotopic (exact) mass is 484 g/mol. The Bertz CT molecular complexity index is 1410. The topological polar surface area (TPSA) is 76.8 Å². The van der Waals surface area contributed by atoms with Crippen LogP contribution < -0.4 is 4.90 Å². The van der Waals surface area contributed by atoms with Crippen LogP contribution >= 0.6 is 11.3 Å². The Morgan fingerprint density at radius 3 is 2.82 bits per heavy atom. The third-order valence-corrected chi connectivity index (χ3v) is 7.56. The second-order valence-corrected chi connectivity index (χ2v) is 9.66. The molecular formula is C23H19F3N6OS. The molecule has 4 aromatic rings. The summed E-state index contributed by atoms with van der Waals surface area (Å²) in [5.74, 6) is -0.0402. The lowest BCUT2D eigenvalue weighted by atomic mass is 9.93.